The molecule has 1 atom stereocenters. The Balaban J connectivity index is 1.99. The van der Waals surface area contributed by atoms with Gasteiger partial charge in [0.15, 0.2) is 0 Å². The summed E-state index contributed by atoms with van der Waals surface area (Å²) in [7, 11) is 0. The Hall–Kier alpha value is -1.42. The van der Waals surface area contributed by atoms with Crippen LogP contribution in [0.15, 0.2) is 24.3 Å². The van der Waals surface area contributed by atoms with Crippen molar-refractivity contribution in [2.45, 2.75) is 26.3 Å². The maximum Gasteiger partial charge on any atom is 0.220 e. The molecule has 0 aromatic heterocycles. The van der Waals surface area contributed by atoms with Gasteiger partial charge >= 0.3 is 0 Å². The molecule has 1 heterocycles. The van der Waals surface area contributed by atoms with Gasteiger partial charge in [-0.3, -0.25) is 4.79 Å². The summed E-state index contributed by atoms with van der Waals surface area (Å²) in [6.07, 6.45) is 0.567. The van der Waals surface area contributed by atoms with Crippen LogP contribution in [-0.2, 0) is 4.79 Å². The maximum atomic E-state index is 12.9. The predicted octanol–water partition coefficient (Wildman–Crippen LogP) is 2.25. The predicted molar refractivity (Wildman–Crippen MR) is 73.1 cm³/mol. The summed E-state index contributed by atoms with van der Waals surface area (Å²) in [5.74, 6) is 0.558. The van der Waals surface area contributed by atoms with Crippen LogP contribution in [0.4, 0.5) is 4.39 Å². The van der Waals surface area contributed by atoms with Gasteiger partial charge in [0.05, 0.1) is 6.04 Å². The Kier molecular flexibility index (Phi) is 4.53. The van der Waals surface area contributed by atoms with Crippen LogP contribution >= 0.6 is 0 Å². The van der Waals surface area contributed by atoms with Crippen LogP contribution in [0.25, 0.3) is 0 Å². The van der Waals surface area contributed by atoms with Crippen LogP contribution in [0.2, 0.25) is 0 Å². The molecular formula is C15H21FN2O. The first kappa shape index (κ1) is 14.0. The molecule has 1 fully saturated rings. The first-order valence-electron chi connectivity index (χ1n) is 6.82. The smallest absolute Gasteiger partial charge is 0.220 e. The summed E-state index contributed by atoms with van der Waals surface area (Å²) < 4.78 is 12.9. The van der Waals surface area contributed by atoms with Gasteiger partial charge in [-0.25, -0.2) is 4.39 Å². The second kappa shape index (κ2) is 6.15. The number of nitrogens with one attached hydrogen (secondary N) is 2. The number of benzene rings is 1. The maximum absolute atomic E-state index is 12.9. The zero-order valence-electron chi connectivity index (χ0n) is 11.4. The summed E-state index contributed by atoms with van der Waals surface area (Å²) in [5, 5.41) is 6.22. The number of carbonyl (C=O) groups excluding carboxylic acids is 1. The standard InChI is InChI=1S/C15H21FN2O/c1-10(2)15(12-3-5-13(16)6-4-12)18-14(19)7-11-8-17-9-11/h3-6,10-11,15,17H,7-9H2,1-2H3,(H,18,19). The Morgan fingerprint density at radius 3 is 2.47 bits per heavy atom. The Morgan fingerprint density at radius 1 is 1.37 bits per heavy atom. The normalized spacial score (nSPS) is 17.1. The second-order valence-corrected chi connectivity index (χ2v) is 5.57. The van der Waals surface area contributed by atoms with E-state index >= 15 is 0 Å². The van der Waals surface area contributed by atoms with Crippen molar-refractivity contribution >= 4 is 5.91 Å². The van der Waals surface area contributed by atoms with Gasteiger partial charge in [0.25, 0.3) is 0 Å². The van der Waals surface area contributed by atoms with Crippen molar-refractivity contribution in [1.82, 2.24) is 10.6 Å². The van der Waals surface area contributed by atoms with E-state index < -0.39 is 0 Å². The number of halogens is 1. The number of rotatable bonds is 5. The lowest BCUT2D eigenvalue weighted by Gasteiger charge is -2.28. The molecule has 1 saturated heterocycles. The summed E-state index contributed by atoms with van der Waals surface area (Å²) in [5.41, 5.74) is 0.955. The fraction of sp³-hybridized carbons (Fsp3) is 0.533. The number of carbonyl (C=O) groups is 1. The van der Waals surface area contributed by atoms with Crippen molar-refractivity contribution in [3.05, 3.63) is 35.6 Å². The average molecular weight is 264 g/mol. The zero-order valence-corrected chi connectivity index (χ0v) is 11.4. The van der Waals surface area contributed by atoms with Crippen LogP contribution < -0.4 is 10.6 Å². The summed E-state index contributed by atoms with van der Waals surface area (Å²) in [4.78, 5) is 12.0. The van der Waals surface area contributed by atoms with E-state index in [4.69, 9.17) is 0 Å². The molecule has 1 aromatic carbocycles. The molecule has 104 valence electrons. The lowest BCUT2D eigenvalue weighted by atomic mass is 9.94. The molecule has 4 heteroatoms. The molecule has 1 aromatic rings. The van der Waals surface area contributed by atoms with Crippen molar-refractivity contribution in [3.63, 3.8) is 0 Å². The van der Waals surface area contributed by atoms with Gasteiger partial charge < -0.3 is 10.6 Å². The fourth-order valence-corrected chi connectivity index (χ4v) is 2.29. The highest BCUT2D eigenvalue weighted by Crippen LogP contribution is 2.22. The Labute approximate surface area is 113 Å². The fourth-order valence-electron chi connectivity index (χ4n) is 2.29. The lowest BCUT2D eigenvalue weighted by molar-refractivity contribution is -0.123. The Morgan fingerprint density at radius 2 is 2.00 bits per heavy atom. The minimum Gasteiger partial charge on any atom is -0.349 e. The highest BCUT2D eigenvalue weighted by atomic mass is 19.1. The number of hydrogen-bond donors (Lipinski definition) is 2. The lowest BCUT2D eigenvalue weighted by Crippen LogP contribution is -2.45. The van der Waals surface area contributed by atoms with E-state index in [9.17, 15) is 9.18 Å². The molecule has 0 saturated carbocycles. The molecule has 3 nitrogen and oxygen atoms in total. The summed E-state index contributed by atoms with van der Waals surface area (Å²) in [6, 6.07) is 6.30. The van der Waals surface area contributed by atoms with Crippen molar-refractivity contribution in [3.8, 4) is 0 Å². The third-order valence-corrected chi connectivity index (χ3v) is 3.55. The molecule has 0 radical (unpaired) electrons. The molecule has 19 heavy (non-hydrogen) atoms. The third kappa shape index (κ3) is 3.77. The molecule has 1 aliphatic heterocycles. The molecule has 0 aliphatic carbocycles. The second-order valence-electron chi connectivity index (χ2n) is 5.57. The van der Waals surface area contributed by atoms with Crippen LogP contribution in [0.3, 0.4) is 0 Å². The monoisotopic (exact) mass is 264 g/mol. The van der Waals surface area contributed by atoms with Gasteiger partial charge in [0, 0.05) is 6.42 Å². The van der Waals surface area contributed by atoms with E-state index in [0.29, 0.717) is 12.3 Å². The minimum atomic E-state index is -0.252. The SMILES string of the molecule is CC(C)C(NC(=O)CC1CNC1)c1ccc(F)cc1. The Bertz CT molecular complexity index is 426. The highest BCUT2D eigenvalue weighted by Gasteiger charge is 2.23. The van der Waals surface area contributed by atoms with E-state index in [-0.39, 0.29) is 23.7 Å². The number of hydrogen-bond acceptors (Lipinski definition) is 2. The molecule has 0 bridgehead atoms. The topological polar surface area (TPSA) is 41.1 Å². The van der Waals surface area contributed by atoms with E-state index in [1.807, 2.05) is 0 Å². The van der Waals surface area contributed by atoms with Gasteiger partial charge in [-0.05, 0) is 42.6 Å². The van der Waals surface area contributed by atoms with Gasteiger partial charge in [0.1, 0.15) is 5.82 Å². The van der Waals surface area contributed by atoms with Crippen molar-refractivity contribution in [2.75, 3.05) is 13.1 Å². The van der Waals surface area contributed by atoms with Crippen molar-refractivity contribution in [1.29, 1.82) is 0 Å². The van der Waals surface area contributed by atoms with Crippen LogP contribution in [0.1, 0.15) is 31.9 Å². The molecule has 0 spiro atoms. The van der Waals surface area contributed by atoms with Gasteiger partial charge in [-0.15, -0.1) is 0 Å². The van der Waals surface area contributed by atoms with Crippen LogP contribution in [-0.4, -0.2) is 19.0 Å². The third-order valence-electron chi connectivity index (χ3n) is 3.55. The van der Waals surface area contributed by atoms with Crippen molar-refractivity contribution < 1.29 is 9.18 Å². The first-order chi connectivity index (χ1) is 9.06. The van der Waals surface area contributed by atoms with Crippen molar-refractivity contribution in [2.24, 2.45) is 11.8 Å². The van der Waals surface area contributed by atoms with E-state index in [1.54, 1.807) is 12.1 Å². The highest BCUT2D eigenvalue weighted by molar-refractivity contribution is 5.76. The largest absolute Gasteiger partial charge is 0.349 e. The minimum absolute atomic E-state index is 0.0545. The van der Waals surface area contributed by atoms with Gasteiger partial charge in [-0.2, -0.15) is 0 Å². The molecule has 1 aliphatic rings. The van der Waals surface area contributed by atoms with E-state index in [1.165, 1.54) is 12.1 Å². The molecule has 1 amide bonds. The summed E-state index contributed by atoms with van der Waals surface area (Å²) >= 11 is 0. The van der Waals surface area contributed by atoms with Crippen LogP contribution in [0, 0.1) is 17.7 Å². The van der Waals surface area contributed by atoms with E-state index in [2.05, 4.69) is 24.5 Å². The zero-order chi connectivity index (χ0) is 13.8. The van der Waals surface area contributed by atoms with Crippen LogP contribution in [0.5, 0.6) is 0 Å². The summed E-state index contributed by atoms with van der Waals surface area (Å²) in [6.45, 7) is 5.96. The van der Waals surface area contributed by atoms with Gasteiger partial charge in [0.2, 0.25) is 5.91 Å². The van der Waals surface area contributed by atoms with E-state index in [0.717, 1.165) is 18.7 Å². The molecule has 2 rings (SSSR count). The molecule has 1 unspecified atom stereocenters. The quantitative estimate of drug-likeness (QED) is 0.856. The molecular weight excluding hydrogens is 243 g/mol. The average Bonchev–Trinajstić information content (AvgIpc) is 2.32. The number of amides is 1. The molecule has 2 N–H and O–H groups in total. The first-order valence-corrected chi connectivity index (χ1v) is 6.82. The van der Waals surface area contributed by atoms with Gasteiger partial charge in [-0.1, -0.05) is 26.0 Å².